The molecular weight excluding hydrogens is 995 g/mol. The molecule has 5 aromatic heterocycles. The summed E-state index contributed by atoms with van der Waals surface area (Å²) in [4.78, 5) is 0. The Morgan fingerprint density at radius 2 is 0.756 bits per heavy atom. The Bertz CT molecular complexity index is 4090. The maximum atomic E-state index is 8.17. The lowest BCUT2D eigenvalue weighted by Crippen LogP contribution is -2.30. The largest absolute Gasteiger partial charge is 0.212 e. The molecule has 0 aliphatic heterocycles. The lowest BCUT2D eigenvalue weighted by atomic mass is 9.88. The van der Waals surface area contributed by atoms with E-state index in [2.05, 4.69) is 150 Å². The zero-order valence-corrected chi connectivity index (χ0v) is 51.1. The summed E-state index contributed by atoms with van der Waals surface area (Å²) in [6, 6.07) is 59.6. The van der Waals surface area contributed by atoms with Crippen LogP contribution in [0, 0.1) is 54.3 Å². The smallest absolute Gasteiger partial charge is 0.201 e. The van der Waals surface area contributed by atoms with E-state index < -0.39 is 32.8 Å². The molecule has 0 saturated carbocycles. The van der Waals surface area contributed by atoms with Crippen molar-refractivity contribution in [2.45, 2.75) is 108 Å². The second-order valence-corrected chi connectivity index (χ2v) is 21.7. The van der Waals surface area contributed by atoms with Crippen molar-refractivity contribution in [3.8, 4) is 56.3 Å². The fourth-order valence-electron chi connectivity index (χ4n) is 9.83. The summed E-state index contributed by atoms with van der Waals surface area (Å²) in [5, 5.41) is 0. The lowest BCUT2D eigenvalue weighted by molar-refractivity contribution is -0.660. The number of rotatable bonds is 9. The van der Waals surface area contributed by atoms with Crippen LogP contribution in [0.2, 0.25) is 0 Å². The van der Waals surface area contributed by atoms with Gasteiger partial charge in [0.2, 0.25) is 28.5 Å². The molecule has 10 aromatic rings. The third-order valence-corrected chi connectivity index (χ3v) is 15.1. The van der Waals surface area contributed by atoms with Gasteiger partial charge in [-0.1, -0.05) is 113 Å². The fraction of sp³-hybridized carbons (Fsp3) is 0.286. The van der Waals surface area contributed by atoms with Gasteiger partial charge in [0.15, 0.2) is 31.0 Å². The van der Waals surface area contributed by atoms with E-state index in [0.29, 0.717) is 23.0 Å². The van der Waals surface area contributed by atoms with E-state index in [1.807, 2.05) is 147 Å². The zero-order chi connectivity index (χ0) is 69.8. The van der Waals surface area contributed by atoms with E-state index in [0.717, 1.165) is 50.5 Å². The Morgan fingerprint density at radius 3 is 1.13 bits per heavy atom. The first kappa shape index (κ1) is 47.5. The molecule has 5 heteroatoms. The van der Waals surface area contributed by atoms with Crippen LogP contribution in [-0.4, -0.2) is 0 Å². The predicted molar refractivity (Wildman–Crippen MR) is 345 cm³/mol. The highest BCUT2D eigenvalue weighted by Crippen LogP contribution is 2.30. The number of hydrogen-bond donors (Lipinski definition) is 0. The molecule has 82 heavy (non-hydrogen) atoms. The molecule has 5 heterocycles. The molecule has 0 aliphatic carbocycles. The van der Waals surface area contributed by atoms with Gasteiger partial charge < -0.3 is 0 Å². The Morgan fingerprint density at radius 1 is 0.378 bits per heavy atom. The molecule has 10 rings (SSSR count). The number of benzene rings is 5. The van der Waals surface area contributed by atoms with E-state index in [4.69, 9.17) is 16.4 Å². The molecule has 2 unspecified atom stereocenters. The molecule has 0 saturated heterocycles. The van der Waals surface area contributed by atoms with Crippen LogP contribution < -0.4 is 22.8 Å². The number of pyridine rings is 5. The first-order chi connectivity index (χ1) is 43.9. The van der Waals surface area contributed by atoms with Gasteiger partial charge in [0.25, 0.3) is 0 Å². The highest BCUT2D eigenvalue weighted by Gasteiger charge is 2.17. The monoisotopic (exact) mass is 1100 g/mol. The zero-order valence-electron chi connectivity index (χ0n) is 63.1. The van der Waals surface area contributed by atoms with E-state index >= 15 is 0 Å². The first-order valence-corrected chi connectivity index (χ1v) is 28.1. The summed E-state index contributed by atoms with van der Waals surface area (Å²) in [5.41, 5.74) is 20.7. The number of nitrogens with zero attached hydrogens (tertiary/aromatic N) is 5. The van der Waals surface area contributed by atoms with Gasteiger partial charge in [-0.15, -0.1) is 0 Å². The SMILES string of the molecule is Cc1cc(C(C)C(C)C)ccc1-c1cccc[n+]1C.Cc1ccc(C)c(-c2cccc[n+]2C)c1.[2H]C([2H])([2H])C([2H])(C)c1ccc(-c2cccc[n+]2C)c(C)c1.[2H]C([2H])([2H])C([2H])([2H])c1ccc(-c2cccc[n+]2C)c(C)c1.[2H]C([2H])([2H])c1ccc(-c2cccc[n+]2C)c(C)c1. The fourth-order valence-corrected chi connectivity index (χ4v) is 9.83. The van der Waals surface area contributed by atoms with Crippen molar-refractivity contribution in [1.82, 2.24) is 0 Å². The summed E-state index contributed by atoms with van der Waals surface area (Å²) in [5.74, 6) is -0.315. The summed E-state index contributed by atoms with van der Waals surface area (Å²) >= 11 is 0. The average Bonchev–Trinajstić information content (AvgIpc) is 0.796. The normalized spacial score (nSPS) is 14.5. The third kappa shape index (κ3) is 17.0. The van der Waals surface area contributed by atoms with Crippen molar-refractivity contribution in [2.75, 3.05) is 0 Å². The van der Waals surface area contributed by atoms with Crippen molar-refractivity contribution in [1.29, 1.82) is 0 Å². The summed E-state index contributed by atoms with van der Waals surface area (Å²) in [6.45, 7) is 13.5. The Balaban J connectivity index is 0.000000187. The maximum Gasteiger partial charge on any atom is 0.212 e. The minimum absolute atomic E-state index is 0.183. The average molecular weight is 1100 g/mol. The minimum atomic E-state index is -2.68. The second kappa shape index (κ2) is 30.1. The van der Waals surface area contributed by atoms with Crippen molar-refractivity contribution in [3.05, 3.63) is 269 Å². The molecule has 0 N–H and O–H groups in total. The van der Waals surface area contributed by atoms with E-state index in [-0.39, 0.29) is 5.56 Å². The maximum absolute atomic E-state index is 8.17. The van der Waals surface area contributed by atoms with Gasteiger partial charge in [0.1, 0.15) is 35.2 Å². The van der Waals surface area contributed by atoms with E-state index in [1.54, 1.807) is 36.4 Å². The predicted octanol–water partition coefficient (Wildman–Crippen LogP) is 16.5. The van der Waals surface area contributed by atoms with Crippen molar-refractivity contribution in [2.24, 2.45) is 41.2 Å². The molecule has 0 aliphatic rings. The first-order valence-electron chi connectivity index (χ1n) is 34.1. The lowest BCUT2D eigenvalue weighted by Gasteiger charge is -2.17. The van der Waals surface area contributed by atoms with Crippen molar-refractivity contribution < 1.29 is 39.3 Å². The van der Waals surface area contributed by atoms with Gasteiger partial charge in [-0.3, -0.25) is 0 Å². The van der Waals surface area contributed by atoms with Gasteiger partial charge in [-0.05, 0) is 178 Å². The Hall–Kier alpha value is -8.15. The van der Waals surface area contributed by atoms with Gasteiger partial charge >= 0.3 is 0 Å². The Labute approximate surface area is 511 Å². The number of hydrogen-bond acceptors (Lipinski definition) is 0. The molecule has 422 valence electrons. The molecule has 5 aromatic carbocycles. The van der Waals surface area contributed by atoms with E-state index in [9.17, 15) is 0 Å². The van der Waals surface area contributed by atoms with Crippen LogP contribution >= 0.6 is 0 Å². The molecule has 0 spiro atoms. The molecule has 0 fully saturated rings. The van der Waals surface area contributed by atoms with Crippen LogP contribution in [0.4, 0.5) is 0 Å². The molecular formula is C77H94N5+5. The van der Waals surface area contributed by atoms with Crippen LogP contribution in [0.15, 0.2) is 213 Å². The Kier molecular flexibility index (Phi) is 17.4. The quantitative estimate of drug-likeness (QED) is 0.128. The molecule has 0 radical (unpaired) electrons. The third-order valence-electron chi connectivity index (χ3n) is 15.1. The second-order valence-electron chi connectivity index (χ2n) is 21.7. The molecule has 5 nitrogen and oxygen atoms in total. The van der Waals surface area contributed by atoms with Crippen LogP contribution in [0.5, 0.6) is 0 Å². The van der Waals surface area contributed by atoms with E-state index in [1.165, 1.54) is 51.7 Å². The van der Waals surface area contributed by atoms with Gasteiger partial charge in [0.05, 0.1) is 0 Å². The summed E-state index contributed by atoms with van der Waals surface area (Å²) in [6.07, 6.45) is 7.71. The van der Waals surface area contributed by atoms with Crippen LogP contribution in [0.1, 0.15) is 125 Å². The highest BCUT2D eigenvalue weighted by atomic mass is 14.9. The summed E-state index contributed by atoms with van der Waals surface area (Å²) < 4.78 is 101. The standard InChI is InChI=1S/C18H24N.C16H20N.C15H18N.2C14H16N/c1-13(2)15(4)16-9-10-17(14(3)12-16)18-8-6-7-11-19(18)5;1-12(2)14-8-9-15(13(3)11-14)16-7-5-6-10-17(16)4;1-4-13-8-9-14(12(2)11-13)15-7-5-6-10-16(15)3;1-11-7-8-13(12(2)10-11)14-6-4-5-9-15(14)3;1-11-7-8-12(2)13(10-11)14-6-4-5-9-15(14)3/h6-13,15H,1-5H3;5-12H,1-4H3;5-11H,4H2,1-3H3;2*4-10H,1-3H3/q5*+1/i;1D3,12D;1D3,4D2;1D3;. The highest BCUT2D eigenvalue weighted by molar-refractivity contribution is 5.65. The number of aromatic nitrogens is 5. The van der Waals surface area contributed by atoms with Crippen LogP contribution in [0.25, 0.3) is 56.3 Å². The molecule has 2 atom stereocenters. The number of aryl methyl sites for hydroxylation is 13. The van der Waals surface area contributed by atoms with Gasteiger partial charge in [-0.25, -0.2) is 22.8 Å². The van der Waals surface area contributed by atoms with Crippen molar-refractivity contribution in [3.63, 3.8) is 0 Å². The molecule has 0 amide bonds. The van der Waals surface area contributed by atoms with Gasteiger partial charge in [-0.2, -0.15) is 0 Å². The topological polar surface area (TPSA) is 19.4 Å². The molecule has 0 bridgehead atoms. The van der Waals surface area contributed by atoms with Gasteiger partial charge in [0, 0.05) is 105 Å². The van der Waals surface area contributed by atoms with Crippen LogP contribution in [-0.2, 0) is 41.6 Å². The minimum Gasteiger partial charge on any atom is -0.201 e. The van der Waals surface area contributed by atoms with Crippen LogP contribution in [0.3, 0.4) is 0 Å². The summed E-state index contributed by atoms with van der Waals surface area (Å²) in [7, 11) is 10.1. The van der Waals surface area contributed by atoms with Crippen molar-refractivity contribution >= 4 is 0 Å².